The van der Waals surface area contributed by atoms with Crippen LogP contribution in [0.3, 0.4) is 0 Å². The third kappa shape index (κ3) is 3.20. The van der Waals surface area contributed by atoms with E-state index in [9.17, 15) is 5.11 Å². The zero-order chi connectivity index (χ0) is 22.6. The first kappa shape index (κ1) is 9.90. The van der Waals surface area contributed by atoms with Crippen molar-refractivity contribution in [2.75, 3.05) is 27.2 Å². The van der Waals surface area contributed by atoms with Gasteiger partial charge in [0.05, 0.1) is 24.4 Å². The maximum atomic E-state index is 10.8. The second-order valence-electron chi connectivity index (χ2n) is 6.79. The molecular weight excluding hydrogens is 290 g/mol. The number of aliphatic hydroxyl groups excluding tert-OH is 1. The van der Waals surface area contributed by atoms with Gasteiger partial charge in [-0.1, -0.05) is 13.8 Å². The zero-order valence-corrected chi connectivity index (χ0v) is 13.8. The van der Waals surface area contributed by atoms with Crippen LogP contribution in [0.4, 0.5) is 0 Å². The molecule has 3 unspecified atom stereocenters. The van der Waals surface area contributed by atoms with E-state index in [1.165, 1.54) is 24.1 Å². The molecule has 128 valence electrons. The molecule has 1 N–H and O–H groups in total. The molecule has 0 spiro atoms. The summed E-state index contributed by atoms with van der Waals surface area (Å²) >= 11 is 0. The lowest BCUT2D eigenvalue weighted by atomic mass is 9.79. The van der Waals surface area contributed by atoms with Crippen LogP contribution in [0.25, 0.3) is 0 Å². The molecule has 3 rings (SSSR count). The van der Waals surface area contributed by atoms with Crippen molar-refractivity contribution in [1.82, 2.24) is 4.90 Å². The normalized spacial score (nSPS) is 36.9. The van der Waals surface area contributed by atoms with Crippen molar-refractivity contribution in [3.63, 3.8) is 0 Å². The quantitative estimate of drug-likeness (QED) is 0.923. The van der Waals surface area contributed by atoms with Crippen LogP contribution in [-0.2, 0) is 6.37 Å². The average molecular weight is 326 g/mol. The summed E-state index contributed by atoms with van der Waals surface area (Å²) in [5, 5.41) is 10.8. The Bertz CT molecular complexity index is 797. The fourth-order valence-corrected chi connectivity index (χ4v) is 3.64. The molecule has 0 amide bonds. The van der Waals surface area contributed by atoms with Crippen LogP contribution in [0.1, 0.15) is 53.5 Å². The van der Waals surface area contributed by atoms with Crippen LogP contribution >= 0.6 is 0 Å². The van der Waals surface area contributed by atoms with E-state index in [1.54, 1.807) is 0 Å². The van der Waals surface area contributed by atoms with E-state index in [0.29, 0.717) is 17.9 Å². The molecule has 0 aliphatic carbocycles. The molecule has 23 heavy (non-hydrogen) atoms. The molecule has 0 saturated carbocycles. The minimum absolute atomic E-state index is 0.0204. The number of fused-ring (bicyclic) bond motifs is 3. The zero-order valence-electron chi connectivity index (χ0n) is 20.8. The van der Waals surface area contributed by atoms with Gasteiger partial charge in [-0.3, -0.25) is 4.90 Å². The van der Waals surface area contributed by atoms with E-state index in [2.05, 4.69) is 0 Å². The number of hydrogen-bond acceptors (Lipinski definition) is 4. The van der Waals surface area contributed by atoms with Crippen LogP contribution in [-0.4, -0.2) is 43.3 Å². The highest BCUT2D eigenvalue weighted by Gasteiger charge is 2.38. The maximum absolute atomic E-state index is 10.8. The van der Waals surface area contributed by atoms with E-state index < -0.39 is 32.1 Å². The van der Waals surface area contributed by atoms with Gasteiger partial charge in [-0.05, 0) is 54.3 Å². The van der Waals surface area contributed by atoms with Gasteiger partial charge in [0, 0.05) is 24.6 Å². The Kier molecular flexibility index (Phi) is 2.88. The maximum Gasteiger partial charge on any atom is 0.161 e. The lowest BCUT2D eigenvalue weighted by Crippen LogP contribution is -2.48. The minimum atomic E-state index is -2.72. The number of ether oxygens (including phenoxy) is 2. The van der Waals surface area contributed by atoms with Crippen molar-refractivity contribution in [3.8, 4) is 11.5 Å². The molecule has 1 aromatic carbocycles. The SMILES string of the molecule is [2H]C([2H])([2H])Oc1cc2c(cc1OC)C([2H])([2H])C([2H])([2H])N1CC(CC(C)C)C(O)CC21. The summed E-state index contributed by atoms with van der Waals surface area (Å²) in [5.41, 5.74) is 0.496. The van der Waals surface area contributed by atoms with Crippen LogP contribution in [0.5, 0.6) is 11.5 Å². The van der Waals surface area contributed by atoms with Gasteiger partial charge in [0.25, 0.3) is 0 Å². The van der Waals surface area contributed by atoms with E-state index in [0.717, 1.165) is 0 Å². The number of piperidine rings is 1. The van der Waals surface area contributed by atoms with Crippen molar-refractivity contribution in [1.29, 1.82) is 0 Å². The summed E-state index contributed by atoms with van der Waals surface area (Å²) in [6.07, 6.45) is -2.13. The van der Waals surface area contributed by atoms with Crippen LogP contribution < -0.4 is 9.47 Å². The Balaban J connectivity index is 2.13. The van der Waals surface area contributed by atoms with E-state index in [1.807, 2.05) is 13.8 Å². The molecule has 2 heterocycles. The van der Waals surface area contributed by atoms with Crippen molar-refractivity contribution >= 4 is 0 Å². The van der Waals surface area contributed by atoms with Crippen LogP contribution in [0, 0.1) is 11.8 Å². The second kappa shape index (κ2) is 6.70. The lowest BCUT2D eigenvalue weighted by Gasteiger charge is -2.46. The Labute approximate surface area is 149 Å². The molecule has 2 aliphatic heterocycles. The number of rotatable bonds is 4. The molecule has 1 saturated heterocycles. The van der Waals surface area contributed by atoms with Crippen molar-refractivity contribution < 1.29 is 24.2 Å². The molecular formula is C19H29NO3. The lowest BCUT2D eigenvalue weighted by molar-refractivity contribution is -0.0191. The van der Waals surface area contributed by atoms with Crippen molar-refractivity contribution in [2.24, 2.45) is 11.8 Å². The smallest absolute Gasteiger partial charge is 0.161 e. The Morgan fingerprint density at radius 2 is 2.17 bits per heavy atom. The fraction of sp³-hybridized carbons (Fsp3) is 0.684. The Morgan fingerprint density at radius 3 is 2.87 bits per heavy atom. The standard InChI is InChI=1S/C19H29NO3/c1-12(2)7-14-11-20-6-5-13-8-18(22-3)19(23-4)9-15(13)16(20)10-17(14)21/h8-9,12,14,16-17,21H,5-7,10-11H2,1-4H3/i4D3,5D2,6D2. The second-order valence-corrected chi connectivity index (χ2v) is 6.79. The van der Waals surface area contributed by atoms with Gasteiger partial charge in [0.1, 0.15) is 0 Å². The Hall–Kier alpha value is -1.26. The third-order valence-corrected chi connectivity index (χ3v) is 4.73. The van der Waals surface area contributed by atoms with Crippen LogP contribution in [0.2, 0.25) is 0 Å². The number of hydrogen-bond donors (Lipinski definition) is 1. The van der Waals surface area contributed by atoms with Gasteiger partial charge in [-0.25, -0.2) is 0 Å². The third-order valence-electron chi connectivity index (χ3n) is 4.73. The highest BCUT2D eigenvalue weighted by Crippen LogP contribution is 2.43. The van der Waals surface area contributed by atoms with Gasteiger partial charge < -0.3 is 14.6 Å². The minimum Gasteiger partial charge on any atom is -0.493 e. The van der Waals surface area contributed by atoms with E-state index in [-0.39, 0.29) is 35.9 Å². The van der Waals surface area contributed by atoms with Gasteiger partial charge in [0.15, 0.2) is 11.5 Å². The summed E-state index contributed by atoms with van der Waals surface area (Å²) in [7, 11) is -1.41. The largest absolute Gasteiger partial charge is 0.493 e. The highest BCUT2D eigenvalue weighted by molar-refractivity contribution is 5.49. The highest BCUT2D eigenvalue weighted by atomic mass is 16.5. The first-order chi connectivity index (χ1) is 13.7. The topological polar surface area (TPSA) is 41.9 Å². The molecule has 3 atom stereocenters. The van der Waals surface area contributed by atoms with Gasteiger partial charge in [-0.15, -0.1) is 0 Å². The number of nitrogens with zero attached hydrogens (tertiary/aromatic N) is 1. The fourth-order valence-electron chi connectivity index (χ4n) is 3.64. The van der Waals surface area contributed by atoms with E-state index >= 15 is 0 Å². The first-order valence-electron chi connectivity index (χ1n) is 11.5. The van der Waals surface area contributed by atoms with E-state index in [4.69, 9.17) is 19.1 Å². The molecule has 1 aromatic rings. The Morgan fingerprint density at radius 1 is 1.39 bits per heavy atom. The van der Waals surface area contributed by atoms with Crippen molar-refractivity contribution in [2.45, 2.75) is 45.2 Å². The van der Waals surface area contributed by atoms with Gasteiger partial charge in [0.2, 0.25) is 0 Å². The van der Waals surface area contributed by atoms with Crippen LogP contribution in [0.15, 0.2) is 12.1 Å². The monoisotopic (exact) mass is 326 g/mol. The van der Waals surface area contributed by atoms with Crippen molar-refractivity contribution in [3.05, 3.63) is 23.3 Å². The molecule has 0 aromatic heterocycles. The average Bonchev–Trinajstić information content (AvgIpc) is 2.59. The summed E-state index contributed by atoms with van der Waals surface area (Å²) in [4.78, 5) is 1.47. The molecule has 2 aliphatic rings. The first-order valence-corrected chi connectivity index (χ1v) is 8.05. The summed E-state index contributed by atoms with van der Waals surface area (Å²) in [5.74, 6) is 0.0924. The van der Waals surface area contributed by atoms with Gasteiger partial charge >= 0.3 is 0 Å². The molecule has 0 radical (unpaired) electrons. The number of benzene rings is 1. The molecule has 4 nitrogen and oxygen atoms in total. The summed E-state index contributed by atoms with van der Waals surface area (Å²) in [6.45, 7) is 1.95. The summed E-state index contributed by atoms with van der Waals surface area (Å²) < 4.78 is 66.9. The predicted molar refractivity (Wildman–Crippen MR) is 91.1 cm³/mol. The molecule has 4 heteroatoms. The molecule has 0 bridgehead atoms. The molecule has 1 fully saturated rings. The number of methoxy groups -OCH3 is 2. The summed E-state index contributed by atoms with van der Waals surface area (Å²) in [6, 6.07) is 2.13. The van der Waals surface area contributed by atoms with Gasteiger partial charge in [-0.2, -0.15) is 0 Å². The number of aryl methyl sites for hydroxylation is 1. The number of aliphatic hydroxyl groups is 1. The predicted octanol–water partition coefficient (Wildman–Crippen LogP) is 3.03.